The lowest BCUT2D eigenvalue weighted by molar-refractivity contribution is 0.0530. The molecule has 0 aliphatic heterocycles. The van der Waals surface area contributed by atoms with Gasteiger partial charge in [0.2, 0.25) is 0 Å². The fourth-order valence-corrected chi connectivity index (χ4v) is 2.88. The Kier molecular flexibility index (Phi) is 3.80. The van der Waals surface area contributed by atoms with Gasteiger partial charge in [0.05, 0.1) is 24.0 Å². The van der Waals surface area contributed by atoms with Crippen molar-refractivity contribution in [3.8, 4) is 5.75 Å². The standard InChI is InChI=1S/C13H11FO4S/c1-3-18-13(16)11-7(6-15)10-9(17-2)5-4-8(14)12(10)19-11/h4-6H,3H2,1-2H3. The summed E-state index contributed by atoms with van der Waals surface area (Å²) in [5, 5.41) is 0.311. The molecule has 0 amide bonds. The molecule has 0 saturated carbocycles. The van der Waals surface area contributed by atoms with Gasteiger partial charge in [0, 0.05) is 5.39 Å². The molecule has 0 saturated heterocycles. The molecule has 0 atom stereocenters. The molecule has 2 rings (SSSR count). The molecular weight excluding hydrogens is 271 g/mol. The zero-order chi connectivity index (χ0) is 14.0. The van der Waals surface area contributed by atoms with E-state index in [-0.39, 0.29) is 21.7 Å². The van der Waals surface area contributed by atoms with E-state index in [1.807, 2.05) is 0 Å². The largest absolute Gasteiger partial charge is 0.496 e. The average Bonchev–Trinajstić information content (AvgIpc) is 2.80. The minimum atomic E-state index is -0.632. The van der Waals surface area contributed by atoms with Crippen molar-refractivity contribution in [2.45, 2.75) is 6.92 Å². The van der Waals surface area contributed by atoms with Gasteiger partial charge in [-0.05, 0) is 19.1 Å². The second kappa shape index (κ2) is 5.36. The van der Waals surface area contributed by atoms with Crippen LogP contribution in [0.15, 0.2) is 12.1 Å². The first-order chi connectivity index (χ1) is 9.13. The van der Waals surface area contributed by atoms with Crippen molar-refractivity contribution in [2.24, 2.45) is 0 Å². The van der Waals surface area contributed by atoms with Crippen LogP contribution in [0.1, 0.15) is 27.0 Å². The van der Waals surface area contributed by atoms with Gasteiger partial charge < -0.3 is 9.47 Å². The highest BCUT2D eigenvalue weighted by molar-refractivity contribution is 7.21. The SMILES string of the molecule is CCOC(=O)c1sc2c(F)ccc(OC)c2c1C=O. The Morgan fingerprint density at radius 2 is 2.21 bits per heavy atom. The Morgan fingerprint density at radius 3 is 2.79 bits per heavy atom. The number of carbonyl (C=O) groups is 2. The molecule has 0 aliphatic carbocycles. The van der Waals surface area contributed by atoms with E-state index in [2.05, 4.69) is 0 Å². The van der Waals surface area contributed by atoms with E-state index in [1.54, 1.807) is 6.92 Å². The van der Waals surface area contributed by atoms with Gasteiger partial charge in [-0.1, -0.05) is 0 Å². The molecule has 1 heterocycles. The molecule has 0 N–H and O–H groups in total. The maximum Gasteiger partial charge on any atom is 0.349 e. The van der Waals surface area contributed by atoms with Crippen LogP contribution >= 0.6 is 11.3 Å². The highest BCUT2D eigenvalue weighted by Crippen LogP contribution is 2.38. The quantitative estimate of drug-likeness (QED) is 0.639. The van der Waals surface area contributed by atoms with Crippen LogP contribution < -0.4 is 4.74 Å². The minimum absolute atomic E-state index is 0.0928. The van der Waals surface area contributed by atoms with E-state index in [0.29, 0.717) is 17.4 Å². The predicted molar refractivity (Wildman–Crippen MR) is 69.7 cm³/mol. The second-order valence-corrected chi connectivity index (χ2v) is 4.66. The normalized spacial score (nSPS) is 10.5. The van der Waals surface area contributed by atoms with Crippen LogP contribution in [0, 0.1) is 5.82 Å². The molecule has 0 radical (unpaired) electrons. The number of methoxy groups -OCH3 is 1. The summed E-state index contributed by atoms with van der Waals surface area (Å²) in [7, 11) is 1.42. The Balaban J connectivity index is 2.77. The number of fused-ring (bicyclic) bond motifs is 1. The van der Waals surface area contributed by atoms with Crippen molar-refractivity contribution in [1.29, 1.82) is 0 Å². The van der Waals surface area contributed by atoms with Gasteiger partial charge in [-0.2, -0.15) is 0 Å². The number of halogens is 1. The number of aldehydes is 1. The van der Waals surface area contributed by atoms with E-state index in [4.69, 9.17) is 9.47 Å². The van der Waals surface area contributed by atoms with Gasteiger partial charge in [0.25, 0.3) is 0 Å². The number of rotatable bonds is 4. The van der Waals surface area contributed by atoms with Crippen molar-refractivity contribution < 1.29 is 23.5 Å². The Bertz CT molecular complexity index is 648. The van der Waals surface area contributed by atoms with Crippen LogP contribution in [0.4, 0.5) is 4.39 Å². The molecule has 0 fully saturated rings. The molecule has 100 valence electrons. The third-order valence-electron chi connectivity index (χ3n) is 2.59. The molecule has 0 unspecified atom stereocenters. The Morgan fingerprint density at radius 1 is 1.47 bits per heavy atom. The van der Waals surface area contributed by atoms with E-state index in [9.17, 15) is 14.0 Å². The Labute approximate surface area is 112 Å². The first-order valence-electron chi connectivity index (χ1n) is 5.55. The lowest BCUT2D eigenvalue weighted by atomic mass is 10.1. The summed E-state index contributed by atoms with van der Waals surface area (Å²) >= 11 is 0.892. The number of benzene rings is 1. The summed E-state index contributed by atoms with van der Waals surface area (Å²) in [6.07, 6.45) is 0.521. The van der Waals surface area contributed by atoms with Crippen LogP contribution in [0.25, 0.3) is 10.1 Å². The molecule has 1 aromatic carbocycles. The van der Waals surface area contributed by atoms with Gasteiger partial charge >= 0.3 is 5.97 Å². The van der Waals surface area contributed by atoms with Crippen LogP contribution in [-0.2, 0) is 4.74 Å². The van der Waals surface area contributed by atoms with Crippen LogP contribution in [0.3, 0.4) is 0 Å². The van der Waals surface area contributed by atoms with E-state index in [0.717, 1.165) is 11.3 Å². The van der Waals surface area contributed by atoms with Crippen molar-refractivity contribution in [2.75, 3.05) is 13.7 Å². The highest BCUT2D eigenvalue weighted by Gasteiger charge is 2.23. The maximum atomic E-state index is 13.8. The summed E-state index contributed by atoms with van der Waals surface area (Å²) in [4.78, 5) is 23.1. The highest BCUT2D eigenvalue weighted by atomic mass is 32.1. The molecule has 19 heavy (non-hydrogen) atoms. The number of hydrogen-bond acceptors (Lipinski definition) is 5. The lowest BCUT2D eigenvalue weighted by Gasteiger charge is -2.03. The number of thiophene rings is 1. The number of carbonyl (C=O) groups excluding carboxylic acids is 2. The number of hydrogen-bond donors (Lipinski definition) is 0. The fraction of sp³-hybridized carbons (Fsp3) is 0.231. The summed E-state index contributed by atoms with van der Waals surface area (Å²) < 4.78 is 24.0. The third-order valence-corrected chi connectivity index (χ3v) is 3.78. The fourth-order valence-electron chi connectivity index (χ4n) is 1.80. The number of esters is 1. The molecule has 0 bridgehead atoms. The molecular formula is C13H11FO4S. The van der Waals surface area contributed by atoms with Crippen molar-refractivity contribution >= 4 is 33.7 Å². The van der Waals surface area contributed by atoms with E-state index in [1.165, 1.54) is 19.2 Å². The van der Waals surface area contributed by atoms with E-state index < -0.39 is 11.8 Å². The van der Waals surface area contributed by atoms with Crippen molar-refractivity contribution in [1.82, 2.24) is 0 Å². The first kappa shape index (κ1) is 13.5. The molecule has 2 aromatic rings. The summed E-state index contributed by atoms with van der Waals surface area (Å²) in [6, 6.07) is 2.66. The zero-order valence-corrected chi connectivity index (χ0v) is 11.2. The van der Waals surface area contributed by atoms with Gasteiger partial charge in [-0.25, -0.2) is 9.18 Å². The topological polar surface area (TPSA) is 52.6 Å². The van der Waals surface area contributed by atoms with E-state index >= 15 is 0 Å². The molecule has 0 aliphatic rings. The third kappa shape index (κ3) is 2.19. The smallest absolute Gasteiger partial charge is 0.349 e. The number of ether oxygens (including phenoxy) is 2. The predicted octanol–water partition coefficient (Wildman–Crippen LogP) is 3.04. The van der Waals surface area contributed by atoms with Gasteiger partial charge in [0.1, 0.15) is 16.4 Å². The van der Waals surface area contributed by atoms with Crippen LogP contribution in [-0.4, -0.2) is 26.0 Å². The first-order valence-corrected chi connectivity index (χ1v) is 6.37. The summed E-state index contributed by atoms with van der Waals surface area (Å²) in [5.74, 6) is -0.781. The molecule has 6 heteroatoms. The maximum absolute atomic E-state index is 13.8. The summed E-state index contributed by atoms with van der Waals surface area (Å²) in [6.45, 7) is 1.85. The van der Waals surface area contributed by atoms with Crippen LogP contribution in [0.2, 0.25) is 0 Å². The lowest BCUT2D eigenvalue weighted by Crippen LogP contribution is -2.04. The monoisotopic (exact) mass is 282 g/mol. The van der Waals surface area contributed by atoms with Crippen molar-refractivity contribution in [3.63, 3.8) is 0 Å². The Hall–Kier alpha value is -1.95. The zero-order valence-electron chi connectivity index (χ0n) is 10.4. The van der Waals surface area contributed by atoms with Crippen molar-refractivity contribution in [3.05, 3.63) is 28.4 Å². The molecule has 4 nitrogen and oxygen atoms in total. The summed E-state index contributed by atoms with van der Waals surface area (Å²) in [5.41, 5.74) is 0.106. The second-order valence-electron chi connectivity index (χ2n) is 3.64. The molecule has 0 spiro atoms. The van der Waals surface area contributed by atoms with Gasteiger partial charge in [-0.15, -0.1) is 11.3 Å². The molecule has 1 aromatic heterocycles. The van der Waals surface area contributed by atoms with Crippen LogP contribution in [0.5, 0.6) is 5.75 Å². The van der Waals surface area contributed by atoms with Gasteiger partial charge in [-0.3, -0.25) is 4.79 Å². The van der Waals surface area contributed by atoms with Gasteiger partial charge in [0.15, 0.2) is 6.29 Å². The minimum Gasteiger partial charge on any atom is -0.496 e. The average molecular weight is 282 g/mol.